The molecule has 4 nitrogen and oxygen atoms in total. The van der Waals surface area contributed by atoms with Crippen LogP contribution in [0.5, 0.6) is 0 Å². The molecule has 1 heterocycles. The molecule has 126 valence electrons. The molecule has 0 aliphatic carbocycles. The van der Waals surface area contributed by atoms with Crippen LogP contribution in [0.3, 0.4) is 0 Å². The van der Waals surface area contributed by atoms with Gasteiger partial charge in [0.15, 0.2) is 0 Å². The van der Waals surface area contributed by atoms with Gasteiger partial charge in [-0.25, -0.2) is 0 Å². The number of nitrogens with zero attached hydrogens (tertiary/aromatic N) is 1. The Kier molecular flexibility index (Phi) is 5.38. The number of hydrogen-bond acceptors (Lipinski definition) is 3. The molecular weight excluding hydrogens is 324 g/mol. The van der Waals surface area contributed by atoms with Crippen molar-refractivity contribution in [1.82, 2.24) is 0 Å². The molecule has 3 rings (SSSR count). The Balaban J connectivity index is 1.59. The van der Waals surface area contributed by atoms with Crippen molar-refractivity contribution in [3.8, 4) is 0 Å². The molecule has 0 radical (unpaired) electrons. The summed E-state index contributed by atoms with van der Waals surface area (Å²) >= 11 is 5.85. The highest BCUT2D eigenvalue weighted by molar-refractivity contribution is 6.30. The number of carbonyl (C=O) groups is 1. The molecule has 1 fully saturated rings. The number of ether oxygens (including phenoxy) is 1. The van der Waals surface area contributed by atoms with Crippen LogP contribution >= 0.6 is 11.6 Å². The minimum atomic E-state index is -0.0372. The topological polar surface area (TPSA) is 41.6 Å². The largest absolute Gasteiger partial charge is 0.377 e. The maximum atomic E-state index is 12.1. The average Bonchev–Trinajstić information content (AvgIpc) is 2.58. The SMILES string of the molecule is CC1COCCN1c1ccc(NC(=O)Cc2ccc(Cl)cc2)cc1. The van der Waals surface area contributed by atoms with Crippen molar-refractivity contribution in [3.05, 3.63) is 59.1 Å². The van der Waals surface area contributed by atoms with Gasteiger partial charge in [0, 0.05) is 29.0 Å². The summed E-state index contributed by atoms with van der Waals surface area (Å²) in [6.45, 7) is 4.55. The molecule has 24 heavy (non-hydrogen) atoms. The summed E-state index contributed by atoms with van der Waals surface area (Å²) in [6.07, 6.45) is 0.333. The third kappa shape index (κ3) is 4.28. The quantitative estimate of drug-likeness (QED) is 0.918. The monoisotopic (exact) mass is 344 g/mol. The summed E-state index contributed by atoms with van der Waals surface area (Å²) in [5.41, 5.74) is 2.90. The van der Waals surface area contributed by atoms with Gasteiger partial charge in [-0.2, -0.15) is 0 Å². The lowest BCUT2D eigenvalue weighted by Crippen LogP contribution is -2.43. The molecule has 1 unspecified atom stereocenters. The van der Waals surface area contributed by atoms with E-state index in [1.807, 2.05) is 36.4 Å². The first kappa shape index (κ1) is 16.8. The number of anilines is 2. The van der Waals surface area contributed by atoms with Crippen LogP contribution in [0.4, 0.5) is 11.4 Å². The second kappa shape index (κ2) is 7.69. The van der Waals surface area contributed by atoms with Crippen molar-refractivity contribution >= 4 is 28.9 Å². The molecule has 2 aromatic carbocycles. The smallest absolute Gasteiger partial charge is 0.228 e. The minimum absolute atomic E-state index is 0.0372. The number of rotatable bonds is 4. The van der Waals surface area contributed by atoms with Gasteiger partial charge in [0.25, 0.3) is 0 Å². The molecule has 1 amide bonds. The van der Waals surface area contributed by atoms with Gasteiger partial charge in [0.2, 0.25) is 5.91 Å². The van der Waals surface area contributed by atoms with Crippen LogP contribution < -0.4 is 10.2 Å². The zero-order chi connectivity index (χ0) is 16.9. The third-order valence-electron chi connectivity index (χ3n) is 4.13. The fraction of sp³-hybridized carbons (Fsp3) is 0.316. The minimum Gasteiger partial charge on any atom is -0.377 e. The molecule has 1 atom stereocenters. The van der Waals surface area contributed by atoms with Crippen LogP contribution in [0, 0.1) is 0 Å². The van der Waals surface area contributed by atoms with Crippen LogP contribution in [0.25, 0.3) is 0 Å². The Morgan fingerprint density at radius 2 is 1.92 bits per heavy atom. The number of halogens is 1. The van der Waals surface area contributed by atoms with Crippen molar-refractivity contribution in [1.29, 1.82) is 0 Å². The summed E-state index contributed by atoms with van der Waals surface area (Å²) in [6, 6.07) is 15.7. The molecule has 0 spiro atoms. The fourth-order valence-corrected chi connectivity index (χ4v) is 2.97. The van der Waals surface area contributed by atoms with E-state index in [9.17, 15) is 4.79 Å². The van der Waals surface area contributed by atoms with E-state index in [-0.39, 0.29) is 5.91 Å². The third-order valence-corrected chi connectivity index (χ3v) is 4.38. The summed E-state index contributed by atoms with van der Waals surface area (Å²) in [5.74, 6) is -0.0372. The second-order valence-corrected chi connectivity index (χ2v) is 6.45. The number of nitrogens with one attached hydrogen (secondary N) is 1. The lowest BCUT2D eigenvalue weighted by Gasteiger charge is -2.35. The van der Waals surface area contributed by atoms with Gasteiger partial charge in [-0.1, -0.05) is 23.7 Å². The zero-order valence-electron chi connectivity index (χ0n) is 13.7. The van der Waals surface area contributed by atoms with E-state index < -0.39 is 0 Å². The van der Waals surface area contributed by atoms with Crippen LogP contribution in [-0.2, 0) is 16.0 Å². The number of morpholine rings is 1. The van der Waals surface area contributed by atoms with Crippen molar-refractivity contribution < 1.29 is 9.53 Å². The highest BCUT2D eigenvalue weighted by atomic mass is 35.5. The van der Waals surface area contributed by atoms with E-state index >= 15 is 0 Å². The normalized spacial score (nSPS) is 17.6. The Labute approximate surface area is 147 Å². The number of benzene rings is 2. The highest BCUT2D eigenvalue weighted by Crippen LogP contribution is 2.22. The summed E-state index contributed by atoms with van der Waals surface area (Å²) in [4.78, 5) is 14.5. The Morgan fingerprint density at radius 3 is 2.58 bits per heavy atom. The molecule has 1 saturated heterocycles. The van der Waals surface area contributed by atoms with Gasteiger partial charge in [0.1, 0.15) is 0 Å². The van der Waals surface area contributed by atoms with Crippen LogP contribution in [0.1, 0.15) is 12.5 Å². The standard InChI is InChI=1S/C19H21ClN2O2/c1-14-13-24-11-10-22(14)18-8-6-17(7-9-18)21-19(23)12-15-2-4-16(20)5-3-15/h2-9,14H,10-13H2,1H3,(H,21,23). The molecule has 1 aliphatic heterocycles. The summed E-state index contributed by atoms with van der Waals surface area (Å²) in [5, 5.41) is 3.60. The predicted molar refractivity (Wildman–Crippen MR) is 97.9 cm³/mol. The Morgan fingerprint density at radius 1 is 1.21 bits per heavy atom. The van der Waals surface area contributed by atoms with Crippen molar-refractivity contribution in [2.24, 2.45) is 0 Å². The van der Waals surface area contributed by atoms with Crippen molar-refractivity contribution in [2.45, 2.75) is 19.4 Å². The maximum absolute atomic E-state index is 12.1. The van der Waals surface area contributed by atoms with Gasteiger partial charge in [-0.15, -0.1) is 0 Å². The highest BCUT2D eigenvalue weighted by Gasteiger charge is 2.18. The molecule has 1 N–H and O–H groups in total. The first-order valence-corrected chi connectivity index (χ1v) is 8.48. The lowest BCUT2D eigenvalue weighted by molar-refractivity contribution is -0.115. The number of hydrogen-bond donors (Lipinski definition) is 1. The molecule has 2 aromatic rings. The van der Waals surface area contributed by atoms with Crippen LogP contribution in [0.15, 0.2) is 48.5 Å². The van der Waals surface area contributed by atoms with Gasteiger partial charge in [0.05, 0.1) is 19.6 Å². The van der Waals surface area contributed by atoms with Crippen LogP contribution in [-0.4, -0.2) is 31.7 Å². The Hall–Kier alpha value is -2.04. The van der Waals surface area contributed by atoms with E-state index in [1.165, 1.54) is 0 Å². The molecule has 0 aromatic heterocycles. The number of carbonyl (C=O) groups excluding carboxylic acids is 1. The van der Waals surface area contributed by atoms with Gasteiger partial charge < -0.3 is 15.0 Å². The first-order valence-electron chi connectivity index (χ1n) is 8.10. The maximum Gasteiger partial charge on any atom is 0.228 e. The Bertz CT molecular complexity index is 686. The number of amides is 1. The van der Waals surface area contributed by atoms with E-state index in [2.05, 4.69) is 17.1 Å². The van der Waals surface area contributed by atoms with Crippen LogP contribution in [0.2, 0.25) is 5.02 Å². The van der Waals surface area contributed by atoms with E-state index in [1.54, 1.807) is 12.1 Å². The first-order chi connectivity index (χ1) is 11.6. The van der Waals surface area contributed by atoms with Gasteiger partial charge in [-0.05, 0) is 48.9 Å². The molecule has 5 heteroatoms. The van der Waals surface area contributed by atoms with Crippen molar-refractivity contribution in [3.63, 3.8) is 0 Å². The van der Waals surface area contributed by atoms with Crippen molar-refractivity contribution in [2.75, 3.05) is 30.0 Å². The fourth-order valence-electron chi connectivity index (χ4n) is 2.84. The second-order valence-electron chi connectivity index (χ2n) is 6.02. The lowest BCUT2D eigenvalue weighted by atomic mass is 10.1. The van der Waals surface area contributed by atoms with E-state index in [4.69, 9.17) is 16.3 Å². The predicted octanol–water partition coefficient (Wildman–Crippen LogP) is 3.75. The summed E-state index contributed by atoms with van der Waals surface area (Å²) < 4.78 is 5.47. The molecule has 0 saturated carbocycles. The summed E-state index contributed by atoms with van der Waals surface area (Å²) in [7, 11) is 0. The van der Waals surface area contributed by atoms with E-state index in [0.29, 0.717) is 17.5 Å². The van der Waals surface area contributed by atoms with Gasteiger partial charge >= 0.3 is 0 Å². The molecule has 1 aliphatic rings. The zero-order valence-corrected chi connectivity index (χ0v) is 14.4. The molecule has 0 bridgehead atoms. The van der Waals surface area contributed by atoms with E-state index in [0.717, 1.165) is 36.7 Å². The van der Waals surface area contributed by atoms with Gasteiger partial charge in [-0.3, -0.25) is 4.79 Å². The molecular formula is C19H21ClN2O2. The average molecular weight is 345 g/mol.